The van der Waals surface area contributed by atoms with Crippen LogP contribution in [0.15, 0.2) is 24.3 Å². The van der Waals surface area contributed by atoms with E-state index in [2.05, 4.69) is 10.4 Å². The monoisotopic (exact) mass is 285 g/mol. The van der Waals surface area contributed by atoms with Crippen molar-refractivity contribution in [3.8, 4) is 5.75 Å². The van der Waals surface area contributed by atoms with E-state index in [1.54, 1.807) is 4.68 Å². The zero-order chi connectivity index (χ0) is 15.0. The Morgan fingerprint density at radius 1 is 1.43 bits per heavy atom. The predicted octanol–water partition coefficient (Wildman–Crippen LogP) is 2.60. The Balaban J connectivity index is 2.14. The average molecular weight is 285 g/mol. The van der Waals surface area contributed by atoms with Gasteiger partial charge in [0.2, 0.25) is 5.91 Å². The molecule has 1 N–H and O–H groups in total. The number of nitrogens with zero attached hydrogens (tertiary/aromatic N) is 2. The van der Waals surface area contributed by atoms with Gasteiger partial charge in [-0.3, -0.25) is 9.48 Å². The Hall–Kier alpha value is -2.30. The second-order valence-electron chi connectivity index (χ2n) is 5.25. The summed E-state index contributed by atoms with van der Waals surface area (Å²) in [7, 11) is 1.85. The fraction of sp³-hybridized carbons (Fsp3) is 0.375. The maximum Gasteiger partial charge on any atom is 0.226 e. The third-order valence-electron chi connectivity index (χ3n) is 3.86. The number of carbonyl (C=O) groups is 1. The van der Waals surface area contributed by atoms with Crippen molar-refractivity contribution in [3.63, 3.8) is 0 Å². The smallest absolute Gasteiger partial charge is 0.226 e. The second kappa shape index (κ2) is 5.24. The van der Waals surface area contributed by atoms with E-state index >= 15 is 0 Å². The molecule has 0 spiro atoms. The molecule has 5 nitrogen and oxygen atoms in total. The third kappa shape index (κ3) is 2.28. The van der Waals surface area contributed by atoms with Crippen molar-refractivity contribution in [2.75, 3.05) is 11.9 Å². The number of para-hydroxylation sites is 1. The van der Waals surface area contributed by atoms with E-state index in [4.69, 9.17) is 4.74 Å². The van der Waals surface area contributed by atoms with E-state index in [1.807, 2.05) is 45.2 Å². The van der Waals surface area contributed by atoms with Crippen LogP contribution >= 0.6 is 0 Å². The topological polar surface area (TPSA) is 56.1 Å². The van der Waals surface area contributed by atoms with Crippen LogP contribution in [0.2, 0.25) is 0 Å². The van der Waals surface area contributed by atoms with Crippen molar-refractivity contribution in [2.24, 2.45) is 7.05 Å². The van der Waals surface area contributed by atoms with Crippen LogP contribution < -0.4 is 10.1 Å². The maximum absolute atomic E-state index is 12.0. The maximum atomic E-state index is 12.0. The van der Waals surface area contributed by atoms with Crippen LogP contribution in [0.4, 0.5) is 5.82 Å². The number of hydrogen-bond donors (Lipinski definition) is 1. The number of hydrogen-bond acceptors (Lipinski definition) is 3. The van der Waals surface area contributed by atoms with Crippen molar-refractivity contribution in [1.82, 2.24) is 9.78 Å². The molecule has 1 aromatic carbocycles. The van der Waals surface area contributed by atoms with Crippen LogP contribution in [0.3, 0.4) is 0 Å². The predicted molar refractivity (Wildman–Crippen MR) is 80.6 cm³/mol. The minimum Gasteiger partial charge on any atom is -0.494 e. The third-order valence-corrected chi connectivity index (χ3v) is 3.86. The summed E-state index contributed by atoms with van der Waals surface area (Å²) in [4.78, 5) is 12.0. The van der Waals surface area contributed by atoms with Crippen molar-refractivity contribution >= 4 is 11.7 Å². The second-order valence-corrected chi connectivity index (χ2v) is 5.25. The quantitative estimate of drug-likeness (QED) is 0.943. The Morgan fingerprint density at radius 3 is 2.95 bits per heavy atom. The summed E-state index contributed by atoms with van der Waals surface area (Å²) in [6.07, 6.45) is 0.420. The van der Waals surface area contributed by atoms with Gasteiger partial charge in [0.05, 0.1) is 12.3 Å². The minimum absolute atomic E-state index is 0.00907. The van der Waals surface area contributed by atoms with Crippen LogP contribution in [0.25, 0.3) is 0 Å². The van der Waals surface area contributed by atoms with Gasteiger partial charge in [-0.25, -0.2) is 0 Å². The van der Waals surface area contributed by atoms with Crippen LogP contribution in [-0.4, -0.2) is 22.3 Å². The summed E-state index contributed by atoms with van der Waals surface area (Å²) < 4.78 is 7.46. The molecule has 1 atom stereocenters. The molecule has 21 heavy (non-hydrogen) atoms. The van der Waals surface area contributed by atoms with Gasteiger partial charge in [-0.1, -0.05) is 18.2 Å². The lowest BCUT2D eigenvalue weighted by Gasteiger charge is -2.25. The first-order chi connectivity index (χ1) is 10.1. The van der Waals surface area contributed by atoms with Gasteiger partial charge in [0, 0.05) is 30.5 Å². The number of anilines is 1. The van der Waals surface area contributed by atoms with E-state index in [9.17, 15) is 4.79 Å². The van der Waals surface area contributed by atoms with E-state index in [-0.39, 0.29) is 11.8 Å². The summed E-state index contributed by atoms with van der Waals surface area (Å²) in [6.45, 7) is 4.55. The number of benzene rings is 1. The molecule has 3 rings (SSSR count). The van der Waals surface area contributed by atoms with Crippen molar-refractivity contribution in [2.45, 2.75) is 26.2 Å². The highest BCUT2D eigenvalue weighted by atomic mass is 16.5. The highest BCUT2D eigenvalue weighted by molar-refractivity contribution is 5.94. The molecule has 1 amide bonds. The molecular weight excluding hydrogens is 266 g/mol. The Morgan fingerprint density at radius 2 is 2.19 bits per heavy atom. The molecule has 110 valence electrons. The van der Waals surface area contributed by atoms with E-state index < -0.39 is 0 Å². The molecule has 5 heteroatoms. The minimum atomic E-state index is -0.00907. The standard InChI is InChI=1S/C16H19N3O2/c1-4-21-13-8-6-5-7-11(13)12-9-14(20)17-16-15(12)10(2)18-19(16)3/h5-8,12H,4,9H2,1-3H3,(H,17,20)/t12-/m0/s1. The van der Waals surface area contributed by atoms with Gasteiger partial charge in [0.1, 0.15) is 11.6 Å². The number of nitrogens with one attached hydrogen (secondary N) is 1. The van der Waals surface area contributed by atoms with Crippen molar-refractivity contribution in [1.29, 1.82) is 0 Å². The molecule has 1 aliphatic rings. The molecule has 0 bridgehead atoms. The summed E-state index contributed by atoms with van der Waals surface area (Å²) in [5.41, 5.74) is 3.08. The Bertz CT molecular complexity index is 691. The van der Waals surface area contributed by atoms with Gasteiger partial charge in [-0.05, 0) is 19.9 Å². The molecule has 0 unspecified atom stereocenters. The van der Waals surface area contributed by atoms with Gasteiger partial charge in [0.15, 0.2) is 0 Å². The van der Waals surface area contributed by atoms with Gasteiger partial charge in [0.25, 0.3) is 0 Å². The van der Waals surface area contributed by atoms with Gasteiger partial charge < -0.3 is 10.1 Å². The van der Waals surface area contributed by atoms with E-state index in [0.717, 1.165) is 28.4 Å². The summed E-state index contributed by atoms with van der Waals surface area (Å²) in [6, 6.07) is 7.92. The van der Waals surface area contributed by atoms with Crippen LogP contribution in [0.5, 0.6) is 5.75 Å². The molecule has 0 radical (unpaired) electrons. The SMILES string of the molecule is CCOc1ccccc1[C@@H]1CC(=O)Nc2c1c(C)nn2C. The molecule has 2 aromatic rings. The largest absolute Gasteiger partial charge is 0.494 e. The summed E-state index contributed by atoms with van der Waals surface area (Å²) in [5.74, 6) is 1.64. The van der Waals surface area contributed by atoms with Crippen LogP contribution in [0, 0.1) is 6.92 Å². The van der Waals surface area contributed by atoms with Gasteiger partial charge in [-0.15, -0.1) is 0 Å². The van der Waals surface area contributed by atoms with Gasteiger partial charge >= 0.3 is 0 Å². The van der Waals surface area contributed by atoms with E-state index in [1.165, 1.54) is 0 Å². The molecule has 2 heterocycles. The fourth-order valence-electron chi connectivity index (χ4n) is 3.03. The lowest BCUT2D eigenvalue weighted by Crippen LogP contribution is -2.25. The Labute approximate surface area is 123 Å². The number of aryl methyl sites for hydroxylation is 2. The first-order valence-corrected chi connectivity index (χ1v) is 7.16. The zero-order valence-corrected chi connectivity index (χ0v) is 12.5. The van der Waals surface area contributed by atoms with Gasteiger partial charge in [-0.2, -0.15) is 5.10 Å². The number of carbonyl (C=O) groups excluding carboxylic acids is 1. The molecule has 1 aliphatic heterocycles. The molecule has 1 aromatic heterocycles. The Kier molecular flexibility index (Phi) is 3.41. The molecule has 0 saturated heterocycles. The van der Waals surface area contributed by atoms with Crippen LogP contribution in [-0.2, 0) is 11.8 Å². The number of ether oxygens (including phenoxy) is 1. The van der Waals surface area contributed by atoms with Crippen molar-refractivity contribution in [3.05, 3.63) is 41.1 Å². The first kappa shape index (κ1) is 13.7. The lowest BCUT2D eigenvalue weighted by atomic mass is 9.85. The molecule has 0 fully saturated rings. The zero-order valence-electron chi connectivity index (χ0n) is 12.5. The lowest BCUT2D eigenvalue weighted by molar-refractivity contribution is -0.116. The number of fused-ring (bicyclic) bond motifs is 1. The normalized spacial score (nSPS) is 17.3. The number of amides is 1. The highest BCUT2D eigenvalue weighted by Gasteiger charge is 2.32. The molecule has 0 aliphatic carbocycles. The summed E-state index contributed by atoms with van der Waals surface area (Å²) in [5, 5.41) is 7.36. The highest BCUT2D eigenvalue weighted by Crippen LogP contribution is 2.41. The summed E-state index contributed by atoms with van der Waals surface area (Å²) >= 11 is 0. The van der Waals surface area contributed by atoms with E-state index in [0.29, 0.717) is 13.0 Å². The molecular formula is C16H19N3O2. The first-order valence-electron chi connectivity index (χ1n) is 7.16. The number of aromatic nitrogens is 2. The van der Waals surface area contributed by atoms with Crippen LogP contribution in [0.1, 0.15) is 36.1 Å². The van der Waals surface area contributed by atoms with Crippen molar-refractivity contribution < 1.29 is 9.53 Å². The fourth-order valence-corrected chi connectivity index (χ4v) is 3.03. The number of rotatable bonds is 3. The average Bonchev–Trinajstić information content (AvgIpc) is 2.74. The molecule has 0 saturated carbocycles.